The van der Waals surface area contributed by atoms with E-state index < -0.39 is 6.10 Å². The molecule has 2 aromatic carbocycles. The van der Waals surface area contributed by atoms with Crippen LogP contribution in [0.2, 0.25) is 5.02 Å². The van der Waals surface area contributed by atoms with E-state index in [1.54, 1.807) is 0 Å². The van der Waals surface area contributed by atoms with Gasteiger partial charge in [-0.3, -0.25) is 4.90 Å². The second-order valence-electron chi connectivity index (χ2n) is 7.11. The molecule has 0 amide bonds. The van der Waals surface area contributed by atoms with Crippen LogP contribution in [-0.2, 0) is 19.5 Å². The molecule has 1 aliphatic rings. The standard InChI is InChI=1S/C22H29ClN4O.HI/c1-2-24-22(25-13-17-6-5-9-20(23)12-17)26-14-21(28)16-27-11-10-18-7-3-4-8-19(18)15-27;/h3-9,12,21,28H,2,10-11,13-16H2,1H3,(H2,24,25,26);1H. The number of halogens is 2. The van der Waals surface area contributed by atoms with Crippen molar-refractivity contribution in [1.29, 1.82) is 0 Å². The number of hydrogen-bond acceptors (Lipinski definition) is 3. The van der Waals surface area contributed by atoms with Crippen LogP contribution in [0.4, 0.5) is 0 Å². The molecule has 1 unspecified atom stereocenters. The number of benzene rings is 2. The lowest BCUT2D eigenvalue weighted by atomic mass is 10.00. The highest BCUT2D eigenvalue weighted by Crippen LogP contribution is 2.18. The van der Waals surface area contributed by atoms with E-state index in [2.05, 4.69) is 44.8 Å². The zero-order valence-electron chi connectivity index (χ0n) is 16.8. The van der Waals surface area contributed by atoms with E-state index in [1.807, 2.05) is 31.2 Å². The van der Waals surface area contributed by atoms with E-state index in [-0.39, 0.29) is 24.0 Å². The van der Waals surface area contributed by atoms with Crippen molar-refractivity contribution < 1.29 is 5.11 Å². The van der Waals surface area contributed by atoms with Gasteiger partial charge in [-0.1, -0.05) is 48.0 Å². The summed E-state index contributed by atoms with van der Waals surface area (Å²) >= 11 is 6.03. The number of nitrogens with zero attached hydrogens (tertiary/aromatic N) is 2. The van der Waals surface area contributed by atoms with Crippen LogP contribution in [0.15, 0.2) is 53.5 Å². The summed E-state index contributed by atoms with van der Waals surface area (Å²) in [5.74, 6) is 0.700. The molecule has 0 radical (unpaired) electrons. The maximum atomic E-state index is 10.5. The Bertz CT molecular complexity index is 802. The molecule has 158 valence electrons. The molecule has 3 rings (SSSR count). The molecule has 29 heavy (non-hydrogen) atoms. The van der Waals surface area contributed by atoms with Crippen LogP contribution >= 0.6 is 35.6 Å². The van der Waals surface area contributed by atoms with E-state index in [9.17, 15) is 5.11 Å². The molecule has 0 aliphatic carbocycles. The van der Waals surface area contributed by atoms with E-state index in [1.165, 1.54) is 11.1 Å². The van der Waals surface area contributed by atoms with Crippen LogP contribution < -0.4 is 10.6 Å². The summed E-state index contributed by atoms with van der Waals surface area (Å²) < 4.78 is 0. The minimum atomic E-state index is -0.458. The Kier molecular flexibility index (Phi) is 10.2. The number of aliphatic hydroxyl groups excluding tert-OH is 1. The lowest BCUT2D eigenvalue weighted by molar-refractivity contribution is 0.108. The predicted molar refractivity (Wildman–Crippen MR) is 131 cm³/mol. The second kappa shape index (κ2) is 12.4. The number of guanidine groups is 1. The molecule has 0 spiro atoms. The highest BCUT2D eigenvalue weighted by Gasteiger charge is 2.18. The number of nitrogens with one attached hydrogen (secondary N) is 2. The van der Waals surface area contributed by atoms with Crippen molar-refractivity contribution in [1.82, 2.24) is 15.5 Å². The third kappa shape index (κ3) is 7.77. The zero-order valence-corrected chi connectivity index (χ0v) is 19.9. The Morgan fingerprint density at radius 2 is 1.97 bits per heavy atom. The highest BCUT2D eigenvalue weighted by molar-refractivity contribution is 14.0. The summed E-state index contributed by atoms with van der Waals surface area (Å²) in [4.78, 5) is 6.89. The summed E-state index contributed by atoms with van der Waals surface area (Å²) in [6, 6.07) is 16.3. The fraction of sp³-hybridized carbons (Fsp3) is 0.409. The Labute approximate surface area is 195 Å². The van der Waals surface area contributed by atoms with Gasteiger partial charge in [-0.15, -0.1) is 24.0 Å². The van der Waals surface area contributed by atoms with Gasteiger partial charge in [0.1, 0.15) is 0 Å². The van der Waals surface area contributed by atoms with Gasteiger partial charge in [0.25, 0.3) is 0 Å². The largest absolute Gasteiger partial charge is 0.390 e. The van der Waals surface area contributed by atoms with Gasteiger partial charge in [0.05, 0.1) is 12.6 Å². The van der Waals surface area contributed by atoms with Crippen LogP contribution in [0, 0.1) is 0 Å². The minimum Gasteiger partial charge on any atom is -0.390 e. The fourth-order valence-corrected chi connectivity index (χ4v) is 3.65. The van der Waals surface area contributed by atoms with Gasteiger partial charge in [-0.05, 0) is 42.2 Å². The summed E-state index contributed by atoms with van der Waals surface area (Å²) in [5.41, 5.74) is 3.84. The molecular weight excluding hydrogens is 499 g/mol. The van der Waals surface area contributed by atoms with Gasteiger partial charge >= 0.3 is 0 Å². The van der Waals surface area contributed by atoms with Crippen LogP contribution in [0.25, 0.3) is 0 Å². The van der Waals surface area contributed by atoms with Crippen LogP contribution in [0.1, 0.15) is 23.6 Å². The maximum absolute atomic E-state index is 10.5. The molecule has 7 heteroatoms. The van der Waals surface area contributed by atoms with Gasteiger partial charge in [0.2, 0.25) is 0 Å². The molecule has 1 heterocycles. The third-order valence-corrected chi connectivity index (χ3v) is 5.07. The quantitative estimate of drug-likeness (QED) is 0.293. The summed E-state index contributed by atoms with van der Waals surface area (Å²) in [5, 5.41) is 17.7. The van der Waals surface area contributed by atoms with Crippen molar-refractivity contribution in [2.45, 2.75) is 32.5 Å². The minimum absolute atomic E-state index is 0. The first-order valence-electron chi connectivity index (χ1n) is 9.88. The number of β-amino-alcohol motifs (C(OH)–C–C–N with tert-alkyl or cyclic N) is 1. The summed E-state index contributed by atoms with van der Waals surface area (Å²) in [6.45, 7) is 6.31. The third-order valence-electron chi connectivity index (χ3n) is 4.84. The number of aliphatic hydroxyl groups is 1. The van der Waals surface area contributed by atoms with Gasteiger partial charge in [-0.25, -0.2) is 4.99 Å². The van der Waals surface area contributed by atoms with E-state index in [4.69, 9.17) is 11.6 Å². The smallest absolute Gasteiger partial charge is 0.191 e. The van der Waals surface area contributed by atoms with E-state index >= 15 is 0 Å². The number of hydrogen-bond donors (Lipinski definition) is 3. The van der Waals surface area contributed by atoms with Crippen molar-refractivity contribution in [3.8, 4) is 0 Å². The number of fused-ring (bicyclic) bond motifs is 1. The van der Waals surface area contributed by atoms with Gasteiger partial charge in [0, 0.05) is 37.7 Å². The molecular formula is C22H30ClIN4O. The predicted octanol–water partition coefficient (Wildman–Crippen LogP) is 3.43. The van der Waals surface area contributed by atoms with Crippen LogP contribution in [0.5, 0.6) is 0 Å². The average molecular weight is 529 g/mol. The highest BCUT2D eigenvalue weighted by atomic mass is 127. The molecule has 2 aromatic rings. The monoisotopic (exact) mass is 528 g/mol. The molecule has 0 bridgehead atoms. The van der Waals surface area contributed by atoms with Crippen molar-refractivity contribution in [3.05, 3.63) is 70.2 Å². The molecule has 0 aromatic heterocycles. The van der Waals surface area contributed by atoms with Crippen LogP contribution in [0.3, 0.4) is 0 Å². The second-order valence-corrected chi connectivity index (χ2v) is 7.55. The maximum Gasteiger partial charge on any atom is 0.191 e. The van der Waals surface area contributed by atoms with E-state index in [0.29, 0.717) is 30.6 Å². The molecule has 3 N–H and O–H groups in total. The number of aliphatic imine (C=N–C) groups is 1. The SMILES string of the molecule is CCNC(=NCc1cccc(Cl)c1)NCC(O)CN1CCc2ccccc2C1.I. The summed E-state index contributed by atoms with van der Waals surface area (Å²) in [6.07, 6.45) is 0.584. The van der Waals surface area contributed by atoms with Crippen molar-refractivity contribution in [3.63, 3.8) is 0 Å². The zero-order chi connectivity index (χ0) is 19.8. The molecule has 0 saturated carbocycles. The number of rotatable bonds is 7. The molecule has 0 saturated heterocycles. The van der Waals surface area contributed by atoms with Crippen molar-refractivity contribution in [2.75, 3.05) is 26.2 Å². The lowest BCUT2D eigenvalue weighted by Crippen LogP contribution is -2.45. The Balaban J connectivity index is 0.00000300. The Morgan fingerprint density at radius 1 is 1.17 bits per heavy atom. The first-order chi connectivity index (χ1) is 13.6. The molecule has 5 nitrogen and oxygen atoms in total. The van der Waals surface area contributed by atoms with Crippen molar-refractivity contribution >= 4 is 41.5 Å². The average Bonchev–Trinajstić information content (AvgIpc) is 2.70. The summed E-state index contributed by atoms with van der Waals surface area (Å²) in [7, 11) is 0. The first kappa shape index (κ1) is 23.9. The Morgan fingerprint density at radius 3 is 2.72 bits per heavy atom. The van der Waals surface area contributed by atoms with Crippen molar-refractivity contribution in [2.24, 2.45) is 4.99 Å². The molecule has 0 fully saturated rings. The molecule has 1 atom stereocenters. The molecule has 1 aliphatic heterocycles. The first-order valence-corrected chi connectivity index (χ1v) is 10.3. The fourth-order valence-electron chi connectivity index (χ4n) is 3.43. The lowest BCUT2D eigenvalue weighted by Gasteiger charge is -2.30. The van der Waals surface area contributed by atoms with E-state index in [0.717, 1.165) is 31.6 Å². The Hall–Kier alpha value is -1.35. The van der Waals surface area contributed by atoms with Crippen LogP contribution in [-0.4, -0.2) is 48.2 Å². The normalized spacial score (nSPS) is 15.2. The topological polar surface area (TPSA) is 59.9 Å². The van der Waals surface area contributed by atoms with Gasteiger partial charge in [-0.2, -0.15) is 0 Å². The van der Waals surface area contributed by atoms with Gasteiger partial charge in [0.15, 0.2) is 5.96 Å². The van der Waals surface area contributed by atoms with Gasteiger partial charge < -0.3 is 15.7 Å².